The highest BCUT2D eigenvalue weighted by molar-refractivity contribution is 6.26. The molecule has 5 amide bonds. The topological polar surface area (TPSA) is 176 Å². The standard InChI is InChI=1S/C52H61N9O5/c53-48(39-15-19-44(20-16-39)66-43-7-2-1-3-8-43)47(49(54)63)50-55-25-21-45(56-50)38-13-17-41(18-14-38)59-31-29-58(30-32-59)34-35-9-11-36(12-10-35)37-22-26-60(27-23-37)51(64)40-5-4-6-42(33-40)61-28-24-46(62)57-52(61)65/h1-12,15-16,19-20,33,37-38,41,45,53,55-56H,13-14,17-18,21-32,34H2,(H2,54,63)(H,57,62,65)/b50-47+,53-48?/t38?,41?,45-/m0/s1. The molecule has 0 spiro atoms. The summed E-state index contributed by atoms with van der Waals surface area (Å²) in [5.41, 5.74) is 10.6. The minimum atomic E-state index is -0.627. The van der Waals surface area contributed by atoms with E-state index in [9.17, 15) is 19.2 Å². The molecule has 4 saturated heterocycles. The van der Waals surface area contributed by atoms with E-state index < -0.39 is 11.9 Å². The number of nitrogens with zero attached hydrogens (tertiary/aromatic N) is 4. The van der Waals surface area contributed by atoms with Crippen molar-refractivity contribution in [3.63, 3.8) is 0 Å². The predicted molar refractivity (Wildman–Crippen MR) is 254 cm³/mol. The van der Waals surface area contributed by atoms with Crippen molar-refractivity contribution in [2.24, 2.45) is 11.7 Å². The van der Waals surface area contributed by atoms with Gasteiger partial charge in [0, 0.05) is 94.2 Å². The first kappa shape index (κ1) is 44.7. The number of nitrogens with one attached hydrogen (secondary N) is 4. The number of amides is 5. The first-order chi connectivity index (χ1) is 32.1. The van der Waals surface area contributed by atoms with Crippen LogP contribution < -0.4 is 31.3 Å². The molecule has 9 rings (SSSR count). The number of primary amides is 1. The Kier molecular flexibility index (Phi) is 13.8. The lowest BCUT2D eigenvalue weighted by Crippen LogP contribution is -2.53. The number of urea groups is 1. The van der Waals surface area contributed by atoms with E-state index in [1.165, 1.54) is 16.0 Å². The second-order valence-corrected chi connectivity index (χ2v) is 18.4. The number of hydrogen-bond acceptors (Lipinski definition) is 10. The Labute approximate surface area is 387 Å². The molecule has 0 unspecified atom stereocenters. The number of imide groups is 1. The minimum Gasteiger partial charge on any atom is -0.457 e. The summed E-state index contributed by atoms with van der Waals surface area (Å²) < 4.78 is 5.92. The predicted octanol–water partition coefficient (Wildman–Crippen LogP) is 6.34. The van der Waals surface area contributed by atoms with Crippen LogP contribution >= 0.6 is 0 Å². The van der Waals surface area contributed by atoms with Crippen LogP contribution in [0.5, 0.6) is 11.5 Å². The van der Waals surface area contributed by atoms with E-state index >= 15 is 0 Å². The van der Waals surface area contributed by atoms with Gasteiger partial charge in [0.25, 0.3) is 11.8 Å². The minimum absolute atomic E-state index is 0.0289. The largest absolute Gasteiger partial charge is 0.457 e. The fourth-order valence-corrected chi connectivity index (χ4v) is 10.5. The van der Waals surface area contributed by atoms with E-state index in [-0.39, 0.29) is 35.6 Å². The highest BCUT2D eigenvalue weighted by Crippen LogP contribution is 2.34. The van der Waals surface area contributed by atoms with E-state index in [0.717, 1.165) is 90.0 Å². The zero-order valence-electron chi connectivity index (χ0n) is 37.6. The molecule has 4 aliphatic heterocycles. The lowest BCUT2D eigenvalue weighted by Gasteiger charge is -2.44. The number of piperidine rings is 1. The molecule has 4 aromatic carbocycles. The van der Waals surface area contributed by atoms with E-state index in [0.29, 0.717) is 65.9 Å². The SMILES string of the molecule is N=C(/C(C(N)=O)=C1/NCC[C@@H](C2CCC(N3CCN(Cc4ccc(C5CCN(C(=O)c6cccc(N7CCC(=O)NC7=O)c6)CC5)cc4)CC3)CC2)N1)c1ccc(Oc2ccccc2)cc1. The number of nitrogens with two attached hydrogens (primary N) is 1. The third kappa shape index (κ3) is 10.5. The number of benzene rings is 4. The molecule has 14 nitrogen and oxygen atoms in total. The maximum Gasteiger partial charge on any atom is 0.328 e. The molecule has 5 aliphatic rings. The molecule has 66 heavy (non-hydrogen) atoms. The molecule has 0 aromatic heterocycles. The van der Waals surface area contributed by atoms with Crippen molar-refractivity contribution in [1.82, 2.24) is 30.7 Å². The first-order valence-corrected chi connectivity index (χ1v) is 23.7. The smallest absolute Gasteiger partial charge is 0.328 e. The Morgan fingerprint density at radius 3 is 2.14 bits per heavy atom. The molecular formula is C52H61N9O5. The number of rotatable bonds is 12. The maximum absolute atomic E-state index is 13.5. The first-order valence-electron chi connectivity index (χ1n) is 23.7. The Morgan fingerprint density at radius 2 is 1.44 bits per heavy atom. The number of carbonyl (C=O) groups is 4. The van der Waals surface area contributed by atoms with E-state index in [4.69, 9.17) is 15.9 Å². The van der Waals surface area contributed by atoms with Gasteiger partial charge in [0.1, 0.15) is 22.9 Å². The van der Waals surface area contributed by atoms with Gasteiger partial charge in [-0.3, -0.25) is 39.8 Å². The van der Waals surface area contributed by atoms with Gasteiger partial charge in [0.2, 0.25) is 5.91 Å². The average Bonchev–Trinajstić information content (AvgIpc) is 3.35. The van der Waals surface area contributed by atoms with E-state index in [2.05, 4.69) is 50.0 Å². The van der Waals surface area contributed by atoms with Crippen molar-refractivity contribution in [2.75, 3.05) is 57.3 Å². The van der Waals surface area contributed by atoms with Crippen LogP contribution in [0.3, 0.4) is 0 Å². The van der Waals surface area contributed by atoms with Crippen molar-refractivity contribution in [3.05, 3.63) is 137 Å². The van der Waals surface area contributed by atoms with Crippen molar-refractivity contribution in [1.29, 1.82) is 5.41 Å². The summed E-state index contributed by atoms with van der Waals surface area (Å²) in [4.78, 5) is 59.0. The summed E-state index contributed by atoms with van der Waals surface area (Å²) in [6.07, 6.45) is 7.58. The van der Waals surface area contributed by atoms with Crippen LogP contribution in [0.2, 0.25) is 0 Å². The number of para-hydroxylation sites is 1. The van der Waals surface area contributed by atoms with Crippen LogP contribution in [0.4, 0.5) is 10.5 Å². The molecule has 14 heteroatoms. The highest BCUT2D eigenvalue weighted by Gasteiger charge is 2.35. The van der Waals surface area contributed by atoms with Crippen LogP contribution in [0, 0.1) is 11.3 Å². The molecule has 1 saturated carbocycles. The number of anilines is 1. The normalized spacial score (nSPS) is 23.0. The maximum atomic E-state index is 13.5. The molecule has 1 aliphatic carbocycles. The van der Waals surface area contributed by atoms with Crippen molar-refractivity contribution < 1.29 is 23.9 Å². The fraction of sp³-hybridized carbons (Fsp3) is 0.404. The van der Waals surface area contributed by atoms with Crippen molar-refractivity contribution >= 4 is 35.2 Å². The van der Waals surface area contributed by atoms with Gasteiger partial charge in [-0.1, -0.05) is 48.5 Å². The molecule has 344 valence electrons. The third-order valence-corrected chi connectivity index (χ3v) is 14.3. The molecule has 5 fully saturated rings. The molecule has 6 N–H and O–H groups in total. The summed E-state index contributed by atoms with van der Waals surface area (Å²) in [6.45, 7) is 7.58. The Hall–Kier alpha value is -6.51. The summed E-state index contributed by atoms with van der Waals surface area (Å²) in [7, 11) is 0. The van der Waals surface area contributed by atoms with Gasteiger partial charge in [-0.15, -0.1) is 0 Å². The Morgan fingerprint density at radius 1 is 0.727 bits per heavy atom. The lowest BCUT2D eigenvalue weighted by molar-refractivity contribution is -0.120. The molecular weight excluding hydrogens is 831 g/mol. The summed E-state index contributed by atoms with van der Waals surface area (Å²) in [5, 5.41) is 18.3. The Bertz CT molecular complexity index is 2420. The zero-order chi connectivity index (χ0) is 45.6. The monoisotopic (exact) mass is 891 g/mol. The third-order valence-electron chi connectivity index (χ3n) is 14.3. The number of ether oxygens (including phenoxy) is 1. The highest BCUT2D eigenvalue weighted by atomic mass is 16.5. The van der Waals surface area contributed by atoms with Gasteiger partial charge in [-0.05, 0) is 123 Å². The summed E-state index contributed by atoms with van der Waals surface area (Å²) in [6, 6.07) is 33.3. The number of hydrogen-bond donors (Lipinski definition) is 5. The van der Waals surface area contributed by atoms with Crippen molar-refractivity contribution in [3.8, 4) is 11.5 Å². The lowest BCUT2D eigenvalue weighted by atomic mass is 9.79. The van der Waals surface area contributed by atoms with Gasteiger partial charge in [0.15, 0.2) is 0 Å². The average molecular weight is 892 g/mol. The molecule has 0 radical (unpaired) electrons. The van der Waals surface area contributed by atoms with Crippen LogP contribution in [0.15, 0.2) is 115 Å². The molecule has 1 atom stereocenters. The second kappa shape index (κ2) is 20.3. The molecule has 4 heterocycles. The van der Waals surface area contributed by atoms with Gasteiger partial charge in [-0.25, -0.2) is 4.79 Å². The van der Waals surface area contributed by atoms with Crippen molar-refractivity contribution in [2.45, 2.75) is 75.9 Å². The molecule has 4 aromatic rings. The molecule has 0 bridgehead atoms. The van der Waals surface area contributed by atoms with E-state index in [1.54, 1.807) is 48.5 Å². The summed E-state index contributed by atoms with van der Waals surface area (Å²) in [5.74, 6) is 1.90. The van der Waals surface area contributed by atoms with E-state index in [1.807, 2.05) is 35.2 Å². The zero-order valence-corrected chi connectivity index (χ0v) is 37.6. The van der Waals surface area contributed by atoms with Crippen LogP contribution in [-0.2, 0) is 16.1 Å². The van der Waals surface area contributed by atoms with Crippen LogP contribution in [0.1, 0.15) is 84.3 Å². The quantitative estimate of drug-likeness (QED) is 0.0803. The number of piperazine rings is 1. The van der Waals surface area contributed by atoms with Gasteiger partial charge >= 0.3 is 6.03 Å². The van der Waals surface area contributed by atoms with Gasteiger partial charge in [-0.2, -0.15) is 0 Å². The fourth-order valence-electron chi connectivity index (χ4n) is 10.5. The second-order valence-electron chi connectivity index (χ2n) is 18.4. The van der Waals surface area contributed by atoms with Crippen LogP contribution in [-0.4, -0.2) is 109 Å². The Balaban J connectivity index is 0.704. The van der Waals surface area contributed by atoms with Gasteiger partial charge in [0.05, 0.1) is 5.71 Å². The number of carbonyl (C=O) groups excluding carboxylic acids is 4. The number of likely N-dealkylation sites (tertiary alicyclic amines) is 1. The van der Waals surface area contributed by atoms with Gasteiger partial charge < -0.3 is 26.0 Å². The summed E-state index contributed by atoms with van der Waals surface area (Å²) >= 11 is 0. The van der Waals surface area contributed by atoms with Crippen LogP contribution in [0.25, 0.3) is 0 Å².